The van der Waals surface area contributed by atoms with Gasteiger partial charge in [-0.05, 0) is 37.1 Å². The molecule has 0 unspecified atom stereocenters. The first kappa shape index (κ1) is 17.3. The highest BCUT2D eigenvalue weighted by Gasteiger charge is 2.34. The Bertz CT molecular complexity index is 936. The number of carbonyl (C=O) groups excluding carboxylic acids is 1. The van der Waals surface area contributed by atoms with Crippen molar-refractivity contribution in [1.82, 2.24) is 10.3 Å². The molecule has 2 aromatic carbocycles. The molecule has 5 nitrogen and oxygen atoms in total. The number of amides is 1. The van der Waals surface area contributed by atoms with Crippen molar-refractivity contribution in [3.05, 3.63) is 71.9 Å². The van der Waals surface area contributed by atoms with Crippen LogP contribution in [0.4, 0.5) is 4.39 Å². The molecule has 6 heteroatoms. The fourth-order valence-electron chi connectivity index (χ4n) is 2.79. The Hall–Kier alpha value is -3.15. The van der Waals surface area contributed by atoms with Gasteiger partial charge in [0, 0.05) is 17.5 Å². The average Bonchev–Trinajstić information content (AvgIpc) is 3.44. The molecule has 1 aliphatic carbocycles. The number of halogens is 1. The molecule has 1 aliphatic rings. The molecule has 1 N–H and O–H groups in total. The lowest BCUT2D eigenvalue weighted by Crippen LogP contribution is -2.29. The summed E-state index contributed by atoms with van der Waals surface area (Å²) in [7, 11) is 0. The summed E-state index contributed by atoms with van der Waals surface area (Å²) < 4.78 is 24.5. The highest BCUT2D eigenvalue weighted by molar-refractivity contribution is 5.94. The van der Waals surface area contributed by atoms with E-state index in [0.29, 0.717) is 23.1 Å². The van der Waals surface area contributed by atoms with Crippen LogP contribution in [0.2, 0.25) is 0 Å². The molecule has 1 saturated carbocycles. The first-order valence-electron chi connectivity index (χ1n) is 8.93. The molecule has 1 amide bonds. The van der Waals surface area contributed by atoms with Crippen LogP contribution in [-0.4, -0.2) is 24.0 Å². The zero-order valence-corrected chi connectivity index (χ0v) is 14.7. The van der Waals surface area contributed by atoms with E-state index in [2.05, 4.69) is 10.3 Å². The van der Waals surface area contributed by atoms with E-state index in [-0.39, 0.29) is 30.8 Å². The second-order valence-electron chi connectivity index (χ2n) is 6.43. The van der Waals surface area contributed by atoms with Gasteiger partial charge in [-0.2, -0.15) is 0 Å². The molecule has 0 saturated heterocycles. The molecule has 3 aromatic rings. The van der Waals surface area contributed by atoms with Crippen molar-refractivity contribution < 1.29 is 18.3 Å². The smallest absolute Gasteiger partial charge is 0.273 e. The van der Waals surface area contributed by atoms with Crippen molar-refractivity contribution in [3.63, 3.8) is 0 Å². The molecule has 4 rings (SSSR count). The van der Waals surface area contributed by atoms with Gasteiger partial charge >= 0.3 is 0 Å². The van der Waals surface area contributed by atoms with Gasteiger partial charge in [0.1, 0.15) is 23.9 Å². The van der Waals surface area contributed by atoms with Crippen LogP contribution < -0.4 is 10.1 Å². The quantitative estimate of drug-likeness (QED) is 0.638. The molecule has 0 aliphatic heterocycles. The van der Waals surface area contributed by atoms with Crippen LogP contribution in [0.3, 0.4) is 0 Å². The van der Waals surface area contributed by atoms with Gasteiger partial charge in [-0.25, -0.2) is 9.37 Å². The van der Waals surface area contributed by atoms with Crippen molar-refractivity contribution in [2.45, 2.75) is 18.8 Å². The van der Waals surface area contributed by atoms with Crippen molar-refractivity contribution in [3.8, 4) is 17.2 Å². The van der Waals surface area contributed by atoms with E-state index in [0.717, 1.165) is 18.4 Å². The van der Waals surface area contributed by atoms with Gasteiger partial charge in [-0.15, -0.1) is 0 Å². The van der Waals surface area contributed by atoms with Crippen LogP contribution in [0.5, 0.6) is 5.75 Å². The molecule has 1 aromatic heterocycles. The minimum absolute atomic E-state index is 0.233. The molecule has 0 atom stereocenters. The Kier molecular flexibility index (Phi) is 4.87. The Balaban J connectivity index is 1.40. The normalized spacial score (nSPS) is 13.4. The first-order chi connectivity index (χ1) is 13.2. The molecule has 138 valence electrons. The van der Waals surface area contributed by atoms with E-state index < -0.39 is 0 Å². The molecule has 27 heavy (non-hydrogen) atoms. The monoisotopic (exact) mass is 366 g/mol. The van der Waals surface area contributed by atoms with Crippen LogP contribution in [0, 0.1) is 5.82 Å². The van der Waals surface area contributed by atoms with Crippen LogP contribution >= 0.6 is 0 Å². The summed E-state index contributed by atoms with van der Waals surface area (Å²) in [6, 6.07) is 15.4. The van der Waals surface area contributed by atoms with Gasteiger partial charge in [0.2, 0.25) is 5.89 Å². The maximum absolute atomic E-state index is 13.1. The van der Waals surface area contributed by atoms with Gasteiger partial charge in [-0.1, -0.05) is 24.3 Å². The predicted octanol–water partition coefficient (Wildman–Crippen LogP) is 4.17. The Morgan fingerprint density at radius 1 is 1.19 bits per heavy atom. The highest BCUT2D eigenvalue weighted by Crippen LogP contribution is 2.43. The number of carbonyl (C=O) groups is 1. The summed E-state index contributed by atoms with van der Waals surface area (Å²) in [4.78, 5) is 17.0. The van der Waals surface area contributed by atoms with Gasteiger partial charge in [-0.3, -0.25) is 4.79 Å². The molecule has 0 radical (unpaired) electrons. The number of nitrogens with zero attached hydrogens (tertiary/aromatic N) is 1. The van der Waals surface area contributed by atoms with Crippen LogP contribution in [0.25, 0.3) is 11.5 Å². The second-order valence-corrected chi connectivity index (χ2v) is 6.43. The number of aromatic nitrogens is 1. The topological polar surface area (TPSA) is 64.4 Å². The molecular weight excluding hydrogens is 347 g/mol. The lowest BCUT2D eigenvalue weighted by molar-refractivity contribution is 0.0940. The van der Waals surface area contributed by atoms with E-state index in [1.165, 1.54) is 12.1 Å². The van der Waals surface area contributed by atoms with E-state index in [4.69, 9.17) is 9.15 Å². The van der Waals surface area contributed by atoms with E-state index in [1.54, 1.807) is 12.1 Å². The molecule has 1 heterocycles. The lowest BCUT2D eigenvalue weighted by Gasteiger charge is -2.07. The van der Waals surface area contributed by atoms with Crippen molar-refractivity contribution in [2.75, 3.05) is 13.2 Å². The Morgan fingerprint density at radius 3 is 2.74 bits per heavy atom. The molecule has 0 spiro atoms. The number of hydrogen-bond acceptors (Lipinski definition) is 4. The zero-order valence-electron chi connectivity index (χ0n) is 14.7. The summed E-state index contributed by atoms with van der Waals surface area (Å²) in [5, 5.41) is 2.79. The Labute approximate surface area is 156 Å². The lowest BCUT2D eigenvalue weighted by atomic mass is 10.2. The van der Waals surface area contributed by atoms with Crippen molar-refractivity contribution >= 4 is 5.91 Å². The van der Waals surface area contributed by atoms with E-state index in [1.807, 2.05) is 30.3 Å². The summed E-state index contributed by atoms with van der Waals surface area (Å²) >= 11 is 0. The largest absolute Gasteiger partial charge is 0.492 e. The zero-order chi connectivity index (χ0) is 18.6. The molecule has 0 bridgehead atoms. The number of benzene rings is 2. The van der Waals surface area contributed by atoms with Gasteiger partial charge in [0.25, 0.3) is 5.91 Å². The van der Waals surface area contributed by atoms with Crippen LogP contribution in [0.15, 0.2) is 59.0 Å². The summed E-state index contributed by atoms with van der Waals surface area (Å²) in [6.07, 6.45) is 2.01. The fraction of sp³-hybridized carbons (Fsp3) is 0.238. The summed E-state index contributed by atoms with van der Waals surface area (Å²) in [6.45, 7) is 0.518. The van der Waals surface area contributed by atoms with E-state index in [9.17, 15) is 9.18 Å². The fourth-order valence-corrected chi connectivity index (χ4v) is 2.79. The first-order valence-corrected chi connectivity index (χ1v) is 8.93. The van der Waals surface area contributed by atoms with Gasteiger partial charge in [0.15, 0.2) is 5.69 Å². The maximum Gasteiger partial charge on any atom is 0.273 e. The minimum atomic E-state index is -0.360. The third-order valence-corrected chi connectivity index (χ3v) is 4.29. The van der Waals surface area contributed by atoms with Crippen LogP contribution in [0.1, 0.15) is 35.0 Å². The average molecular weight is 366 g/mol. The minimum Gasteiger partial charge on any atom is -0.492 e. The highest BCUT2D eigenvalue weighted by atomic mass is 19.1. The third-order valence-electron chi connectivity index (χ3n) is 4.29. The van der Waals surface area contributed by atoms with Crippen molar-refractivity contribution in [1.29, 1.82) is 0 Å². The standard InChI is InChI=1S/C21H19FN2O3/c22-16-7-4-8-17(13-16)26-12-11-23-20(25)18-19(14-9-10-14)27-21(24-18)15-5-2-1-3-6-15/h1-8,13-14H,9-12H2,(H,23,25). The van der Waals surface area contributed by atoms with E-state index >= 15 is 0 Å². The number of ether oxygens (including phenoxy) is 1. The number of hydrogen-bond donors (Lipinski definition) is 1. The van der Waals surface area contributed by atoms with Gasteiger partial charge < -0.3 is 14.5 Å². The number of oxazole rings is 1. The number of nitrogens with one attached hydrogen (secondary N) is 1. The third kappa shape index (κ3) is 4.16. The maximum atomic E-state index is 13.1. The second kappa shape index (κ2) is 7.61. The number of rotatable bonds is 7. The molecule has 1 fully saturated rings. The van der Waals surface area contributed by atoms with Crippen LogP contribution in [-0.2, 0) is 0 Å². The SMILES string of the molecule is O=C(NCCOc1cccc(F)c1)c1nc(-c2ccccc2)oc1C1CC1. The Morgan fingerprint density at radius 2 is 2.00 bits per heavy atom. The predicted molar refractivity (Wildman–Crippen MR) is 98.1 cm³/mol. The summed E-state index contributed by atoms with van der Waals surface area (Å²) in [5.41, 5.74) is 1.18. The van der Waals surface area contributed by atoms with Crippen molar-refractivity contribution in [2.24, 2.45) is 0 Å². The molecular formula is C21H19FN2O3. The summed E-state index contributed by atoms with van der Waals surface area (Å²) in [5.74, 6) is 1.15. The van der Waals surface area contributed by atoms with Gasteiger partial charge in [0.05, 0.1) is 6.54 Å².